The first-order chi connectivity index (χ1) is 11.5. The van der Waals surface area contributed by atoms with Gasteiger partial charge in [-0.2, -0.15) is 0 Å². The van der Waals surface area contributed by atoms with Crippen molar-refractivity contribution in [2.45, 2.75) is 25.8 Å². The molecule has 1 amide bonds. The number of hydrogen-bond donors (Lipinski definition) is 1. The van der Waals surface area contributed by atoms with E-state index in [1.54, 1.807) is 0 Å². The van der Waals surface area contributed by atoms with E-state index < -0.39 is 0 Å². The van der Waals surface area contributed by atoms with E-state index in [1.807, 2.05) is 56.3 Å². The van der Waals surface area contributed by atoms with Crippen molar-refractivity contribution in [1.82, 2.24) is 4.98 Å². The van der Waals surface area contributed by atoms with Crippen LogP contribution in [0, 0.1) is 20.8 Å². The molecule has 3 nitrogen and oxygen atoms in total. The maximum absolute atomic E-state index is 12.2. The lowest BCUT2D eigenvalue weighted by molar-refractivity contribution is -0.113. The Bertz CT molecular complexity index is 905. The smallest absolute Gasteiger partial charge is 0.234 e. The van der Waals surface area contributed by atoms with E-state index in [2.05, 4.69) is 23.3 Å². The van der Waals surface area contributed by atoms with Gasteiger partial charge in [0.15, 0.2) is 0 Å². The van der Waals surface area contributed by atoms with Gasteiger partial charge < -0.3 is 5.32 Å². The van der Waals surface area contributed by atoms with Gasteiger partial charge in [-0.15, -0.1) is 0 Å². The fraction of sp³-hybridized carbons (Fsp3) is 0.200. The summed E-state index contributed by atoms with van der Waals surface area (Å²) < 4.78 is 0. The van der Waals surface area contributed by atoms with E-state index >= 15 is 0 Å². The molecule has 0 aliphatic heterocycles. The van der Waals surface area contributed by atoms with Gasteiger partial charge in [-0.1, -0.05) is 42.1 Å². The zero-order valence-corrected chi connectivity index (χ0v) is 14.9. The summed E-state index contributed by atoms with van der Waals surface area (Å²) in [7, 11) is 0. The second kappa shape index (κ2) is 7.05. The summed E-state index contributed by atoms with van der Waals surface area (Å²) in [6, 6.07) is 16.2. The molecule has 3 rings (SSSR count). The summed E-state index contributed by atoms with van der Waals surface area (Å²) in [5.41, 5.74) is 5.23. The number of nitrogens with one attached hydrogen (secondary N) is 1. The van der Waals surface area contributed by atoms with Crippen LogP contribution in [0.4, 0.5) is 5.69 Å². The summed E-state index contributed by atoms with van der Waals surface area (Å²) in [5, 5.41) is 5.02. The lowest BCUT2D eigenvalue weighted by Crippen LogP contribution is -2.15. The molecule has 1 heterocycles. The Labute approximate surface area is 146 Å². The number of thioether (sulfide) groups is 1. The zero-order chi connectivity index (χ0) is 17.1. The highest BCUT2D eigenvalue weighted by molar-refractivity contribution is 7.99. The molecule has 0 aliphatic carbocycles. The summed E-state index contributed by atoms with van der Waals surface area (Å²) >= 11 is 1.46. The normalized spacial score (nSPS) is 10.8. The van der Waals surface area contributed by atoms with Gasteiger partial charge in [0.1, 0.15) is 0 Å². The molecule has 1 aromatic heterocycles. The first kappa shape index (κ1) is 16.5. The Morgan fingerprint density at radius 2 is 1.83 bits per heavy atom. The van der Waals surface area contributed by atoms with Crippen LogP contribution in [0.15, 0.2) is 53.6 Å². The van der Waals surface area contributed by atoms with Crippen molar-refractivity contribution >= 4 is 34.3 Å². The topological polar surface area (TPSA) is 42.0 Å². The number of hydrogen-bond acceptors (Lipinski definition) is 3. The average Bonchev–Trinajstić information content (AvgIpc) is 2.56. The van der Waals surface area contributed by atoms with Crippen LogP contribution in [0.2, 0.25) is 0 Å². The minimum absolute atomic E-state index is 0.0127. The number of carbonyl (C=O) groups excluding carboxylic acids is 1. The molecule has 0 fully saturated rings. The molecule has 0 unspecified atom stereocenters. The molecule has 0 radical (unpaired) electrons. The second-order valence-corrected chi connectivity index (χ2v) is 6.95. The van der Waals surface area contributed by atoms with E-state index in [1.165, 1.54) is 17.3 Å². The number of fused-ring (bicyclic) bond motifs is 1. The third-order valence-corrected chi connectivity index (χ3v) is 4.83. The lowest BCUT2D eigenvalue weighted by Gasteiger charge is -2.10. The number of pyridine rings is 1. The number of nitrogens with zero attached hydrogens (tertiary/aromatic N) is 1. The molecule has 0 spiro atoms. The third-order valence-electron chi connectivity index (χ3n) is 3.92. The number of aromatic nitrogens is 1. The molecule has 0 aliphatic rings. The molecular formula is C20H20N2OS. The minimum atomic E-state index is -0.0127. The van der Waals surface area contributed by atoms with Crippen molar-refractivity contribution in [1.29, 1.82) is 0 Å². The van der Waals surface area contributed by atoms with E-state index in [0.717, 1.165) is 32.7 Å². The van der Waals surface area contributed by atoms with E-state index in [9.17, 15) is 4.79 Å². The summed E-state index contributed by atoms with van der Waals surface area (Å²) in [5.74, 6) is 0.333. The van der Waals surface area contributed by atoms with Crippen molar-refractivity contribution in [3.8, 4) is 0 Å². The molecule has 4 heteroatoms. The standard InChI is InChI=1S/C20H20N2OS/c1-13-8-9-14(2)18(10-13)21-19(23)12-24-20-11-15(3)16-6-4-5-7-17(16)22-20/h4-11H,12H2,1-3H3,(H,21,23). The lowest BCUT2D eigenvalue weighted by atomic mass is 10.1. The number of amides is 1. The number of para-hydroxylation sites is 1. The Morgan fingerprint density at radius 3 is 2.67 bits per heavy atom. The molecular weight excluding hydrogens is 316 g/mol. The molecule has 0 atom stereocenters. The molecule has 24 heavy (non-hydrogen) atoms. The van der Waals surface area contributed by atoms with Crippen LogP contribution in [-0.2, 0) is 4.79 Å². The van der Waals surface area contributed by atoms with Gasteiger partial charge in [0, 0.05) is 11.1 Å². The molecule has 3 aromatic rings. The van der Waals surface area contributed by atoms with Crippen molar-refractivity contribution < 1.29 is 4.79 Å². The highest BCUT2D eigenvalue weighted by Crippen LogP contribution is 2.24. The van der Waals surface area contributed by atoms with Gasteiger partial charge in [-0.05, 0) is 55.7 Å². The summed E-state index contributed by atoms with van der Waals surface area (Å²) in [4.78, 5) is 16.9. The summed E-state index contributed by atoms with van der Waals surface area (Å²) in [6.07, 6.45) is 0. The quantitative estimate of drug-likeness (QED) is 0.690. The Morgan fingerprint density at radius 1 is 1.04 bits per heavy atom. The molecule has 1 N–H and O–H groups in total. The monoisotopic (exact) mass is 336 g/mol. The predicted molar refractivity (Wildman–Crippen MR) is 102 cm³/mol. The van der Waals surface area contributed by atoms with Crippen molar-refractivity contribution in [3.63, 3.8) is 0 Å². The fourth-order valence-corrected chi connectivity index (χ4v) is 3.36. The first-order valence-electron chi connectivity index (χ1n) is 7.89. The van der Waals surface area contributed by atoms with Crippen LogP contribution in [0.25, 0.3) is 10.9 Å². The van der Waals surface area contributed by atoms with Gasteiger partial charge in [-0.3, -0.25) is 4.79 Å². The number of carbonyl (C=O) groups is 1. The number of aryl methyl sites for hydroxylation is 3. The van der Waals surface area contributed by atoms with Gasteiger partial charge in [0.2, 0.25) is 5.91 Å². The van der Waals surface area contributed by atoms with Crippen LogP contribution < -0.4 is 5.32 Å². The maximum atomic E-state index is 12.2. The van der Waals surface area contributed by atoms with Gasteiger partial charge in [0.25, 0.3) is 0 Å². The van der Waals surface area contributed by atoms with E-state index in [0.29, 0.717) is 5.75 Å². The van der Waals surface area contributed by atoms with Gasteiger partial charge >= 0.3 is 0 Å². The Kier molecular flexibility index (Phi) is 4.86. The predicted octanol–water partition coefficient (Wildman–Crippen LogP) is 4.89. The molecule has 0 bridgehead atoms. The highest BCUT2D eigenvalue weighted by Gasteiger charge is 2.08. The van der Waals surface area contributed by atoms with Gasteiger partial charge in [0.05, 0.1) is 16.3 Å². The number of benzene rings is 2. The van der Waals surface area contributed by atoms with Crippen LogP contribution in [0.5, 0.6) is 0 Å². The third kappa shape index (κ3) is 3.77. The van der Waals surface area contributed by atoms with Crippen LogP contribution in [0.1, 0.15) is 16.7 Å². The van der Waals surface area contributed by atoms with Crippen molar-refractivity contribution in [2.75, 3.05) is 11.1 Å². The van der Waals surface area contributed by atoms with E-state index in [4.69, 9.17) is 0 Å². The van der Waals surface area contributed by atoms with Crippen LogP contribution >= 0.6 is 11.8 Å². The zero-order valence-electron chi connectivity index (χ0n) is 14.1. The maximum Gasteiger partial charge on any atom is 0.234 e. The van der Waals surface area contributed by atoms with E-state index in [-0.39, 0.29) is 5.91 Å². The highest BCUT2D eigenvalue weighted by atomic mass is 32.2. The van der Waals surface area contributed by atoms with Crippen LogP contribution in [-0.4, -0.2) is 16.6 Å². The molecule has 122 valence electrons. The van der Waals surface area contributed by atoms with Crippen molar-refractivity contribution in [2.24, 2.45) is 0 Å². The Balaban J connectivity index is 1.69. The SMILES string of the molecule is Cc1ccc(C)c(NC(=O)CSc2cc(C)c3ccccc3n2)c1. The Hall–Kier alpha value is -2.33. The van der Waals surface area contributed by atoms with Crippen LogP contribution in [0.3, 0.4) is 0 Å². The minimum Gasteiger partial charge on any atom is -0.325 e. The second-order valence-electron chi connectivity index (χ2n) is 5.95. The molecule has 2 aromatic carbocycles. The number of rotatable bonds is 4. The molecule has 0 saturated heterocycles. The average molecular weight is 336 g/mol. The fourth-order valence-electron chi connectivity index (χ4n) is 2.59. The molecule has 0 saturated carbocycles. The van der Waals surface area contributed by atoms with Gasteiger partial charge in [-0.25, -0.2) is 4.98 Å². The summed E-state index contributed by atoms with van der Waals surface area (Å²) in [6.45, 7) is 6.09. The number of anilines is 1. The van der Waals surface area contributed by atoms with Crippen molar-refractivity contribution in [3.05, 3.63) is 65.2 Å². The first-order valence-corrected chi connectivity index (χ1v) is 8.88. The largest absolute Gasteiger partial charge is 0.325 e.